The minimum Gasteiger partial charge on any atom is -0.392 e. The van der Waals surface area contributed by atoms with Gasteiger partial charge < -0.3 is 10.4 Å². The maximum absolute atomic E-state index is 9.37. The molecule has 0 rings (SSSR count). The highest BCUT2D eigenvalue weighted by Crippen LogP contribution is 1.98. The second-order valence-corrected chi connectivity index (χ2v) is 3.36. The van der Waals surface area contributed by atoms with E-state index in [9.17, 15) is 5.11 Å². The van der Waals surface area contributed by atoms with Crippen molar-refractivity contribution in [3.05, 3.63) is 0 Å². The maximum atomic E-state index is 9.37. The summed E-state index contributed by atoms with van der Waals surface area (Å²) >= 11 is 0. The molecule has 0 amide bonds. The standard InChI is InChI=1S/C9H21NO/c1-4-5-6-9(11)7-10-8(2)3/h8-11H,4-7H2,1-3H3. The topological polar surface area (TPSA) is 32.3 Å². The molecule has 2 N–H and O–H groups in total. The van der Waals surface area contributed by atoms with E-state index in [0.717, 1.165) is 19.4 Å². The number of hydrogen-bond donors (Lipinski definition) is 2. The summed E-state index contributed by atoms with van der Waals surface area (Å²) in [5.74, 6) is 0. The molecule has 1 atom stereocenters. The van der Waals surface area contributed by atoms with Gasteiger partial charge in [-0.1, -0.05) is 33.6 Å². The highest BCUT2D eigenvalue weighted by atomic mass is 16.3. The predicted octanol–water partition coefficient (Wildman–Crippen LogP) is 1.54. The van der Waals surface area contributed by atoms with Crippen LogP contribution in [0.25, 0.3) is 0 Å². The molecule has 0 saturated heterocycles. The molecule has 0 saturated carbocycles. The van der Waals surface area contributed by atoms with Crippen molar-refractivity contribution in [2.45, 2.75) is 52.2 Å². The summed E-state index contributed by atoms with van der Waals surface area (Å²) in [4.78, 5) is 0. The number of aliphatic hydroxyl groups excluding tert-OH is 1. The zero-order valence-corrected chi connectivity index (χ0v) is 7.93. The Hall–Kier alpha value is -0.0800. The van der Waals surface area contributed by atoms with Crippen LogP contribution in [0.4, 0.5) is 0 Å². The molecule has 0 aromatic carbocycles. The van der Waals surface area contributed by atoms with Gasteiger partial charge in [0.25, 0.3) is 0 Å². The molecule has 0 spiro atoms. The lowest BCUT2D eigenvalue weighted by Gasteiger charge is -2.13. The lowest BCUT2D eigenvalue weighted by Crippen LogP contribution is -2.31. The molecule has 0 fully saturated rings. The minimum atomic E-state index is -0.155. The Labute approximate surface area is 70.0 Å². The Morgan fingerprint density at radius 3 is 2.45 bits per heavy atom. The summed E-state index contributed by atoms with van der Waals surface area (Å²) in [6, 6.07) is 0.478. The minimum absolute atomic E-state index is 0.155. The Kier molecular flexibility index (Phi) is 6.57. The number of unbranched alkanes of at least 4 members (excludes halogenated alkanes) is 1. The van der Waals surface area contributed by atoms with Gasteiger partial charge in [0.2, 0.25) is 0 Å². The first-order valence-electron chi connectivity index (χ1n) is 4.58. The van der Waals surface area contributed by atoms with Crippen LogP contribution in [-0.2, 0) is 0 Å². The lowest BCUT2D eigenvalue weighted by molar-refractivity contribution is 0.156. The highest BCUT2D eigenvalue weighted by molar-refractivity contribution is 4.61. The van der Waals surface area contributed by atoms with Crippen molar-refractivity contribution < 1.29 is 5.11 Å². The molecule has 0 radical (unpaired) electrons. The van der Waals surface area contributed by atoms with Gasteiger partial charge in [0.05, 0.1) is 6.10 Å². The first kappa shape index (κ1) is 10.9. The third kappa shape index (κ3) is 7.82. The molecule has 2 heteroatoms. The van der Waals surface area contributed by atoms with Crippen LogP contribution in [0.5, 0.6) is 0 Å². The molecule has 1 unspecified atom stereocenters. The summed E-state index contributed by atoms with van der Waals surface area (Å²) < 4.78 is 0. The van der Waals surface area contributed by atoms with Crippen LogP contribution in [0.3, 0.4) is 0 Å². The molecule has 0 aliphatic heterocycles. The van der Waals surface area contributed by atoms with E-state index in [1.165, 1.54) is 6.42 Å². The second kappa shape index (κ2) is 6.62. The van der Waals surface area contributed by atoms with Crippen molar-refractivity contribution in [3.8, 4) is 0 Å². The average molecular weight is 159 g/mol. The van der Waals surface area contributed by atoms with Gasteiger partial charge in [-0.25, -0.2) is 0 Å². The molecule has 0 aromatic heterocycles. The zero-order valence-electron chi connectivity index (χ0n) is 7.93. The number of hydrogen-bond acceptors (Lipinski definition) is 2. The van der Waals surface area contributed by atoms with Crippen LogP contribution >= 0.6 is 0 Å². The SMILES string of the molecule is CCCCC(O)CNC(C)C. The first-order valence-corrected chi connectivity index (χ1v) is 4.58. The Morgan fingerprint density at radius 1 is 1.36 bits per heavy atom. The fourth-order valence-electron chi connectivity index (χ4n) is 0.914. The smallest absolute Gasteiger partial charge is 0.0664 e. The normalized spacial score (nSPS) is 13.9. The van der Waals surface area contributed by atoms with Crippen molar-refractivity contribution in [1.82, 2.24) is 5.32 Å². The van der Waals surface area contributed by atoms with Gasteiger partial charge in [-0.2, -0.15) is 0 Å². The van der Waals surface area contributed by atoms with Crippen molar-refractivity contribution in [2.75, 3.05) is 6.54 Å². The van der Waals surface area contributed by atoms with Crippen LogP contribution in [0.2, 0.25) is 0 Å². The quantitative estimate of drug-likeness (QED) is 0.616. The summed E-state index contributed by atoms with van der Waals surface area (Å²) in [6.45, 7) is 7.05. The number of aliphatic hydroxyl groups is 1. The average Bonchev–Trinajstić information content (AvgIpc) is 1.97. The fraction of sp³-hybridized carbons (Fsp3) is 1.00. The summed E-state index contributed by atoms with van der Waals surface area (Å²) in [7, 11) is 0. The second-order valence-electron chi connectivity index (χ2n) is 3.36. The van der Waals surface area contributed by atoms with Gasteiger partial charge in [-0.15, -0.1) is 0 Å². The van der Waals surface area contributed by atoms with Gasteiger partial charge in [-0.3, -0.25) is 0 Å². The monoisotopic (exact) mass is 159 g/mol. The lowest BCUT2D eigenvalue weighted by atomic mass is 10.1. The molecule has 0 bridgehead atoms. The summed E-state index contributed by atoms with van der Waals surface area (Å²) in [5, 5.41) is 12.6. The van der Waals surface area contributed by atoms with Crippen molar-refractivity contribution >= 4 is 0 Å². The van der Waals surface area contributed by atoms with E-state index in [4.69, 9.17) is 0 Å². The molecule has 0 heterocycles. The zero-order chi connectivity index (χ0) is 8.69. The first-order chi connectivity index (χ1) is 5.16. The van der Waals surface area contributed by atoms with Gasteiger partial charge in [0.1, 0.15) is 0 Å². The van der Waals surface area contributed by atoms with Crippen molar-refractivity contribution in [3.63, 3.8) is 0 Å². The van der Waals surface area contributed by atoms with Crippen LogP contribution in [0.15, 0.2) is 0 Å². The Balaban J connectivity index is 3.15. The third-order valence-corrected chi connectivity index (χ3v) is 1.65. The van der Waals surface area contributed by atoms with E-state index in [1.54, 1.807) is 0 Å². The van der Waals surface area contributed by atoms with Crippen LogP contribution < -0.4 is 5.32 Å². The van der Waals surface area contributed by atoms with Gasteiger partial charge in [0, 0.05) is 12.6 Å². The molecule has 0 aliphatic rings. The maximum Gasteiger partial charge on any atom is 0.0664 e. The summed E-state index contributed by atoms with van der Waals surface area (Å²) in [5.41, 5.74) is 0. The van der Waals surface area contributed by atoms with E-state index < -0.39 is 0 Å². The van der Waals surface area contributed by atoms with Gasteiger partial charge >= 0.3 is 0 Å². The van der Waals surface area contributed by atoms with E-state index in [2.05, 4.69) is 26.1 Å². The molecule has 0 aromatic rings. The molecule has 2 nitrogen and oxygen atoms in total. The van der Waals surface area contributed by atoms with E-state index in [-0.39, 0.29) is 6.10 Å². The third-order valence-electron chi connectivity index (χ3n) is 1.65. The van der Waals surface area contributed by atoms with Gasteiger partial charge in [-0.05, 0) is 6.42 Å². The molecule has 0 aliphatic carbocycles. The van der Waals surface area contributed by atoms with Crippen LogP contribution in [0.1, 0.15) is 40.0 Å². The van der Waals surface area contributed by atoms with Crippen LogP contribution in [0, 0.1) is 0 Å². The molecule has 11 heavy (non-hydrogen) atoms. The summed E-state index contributed by atoms with van der Waals surface area (Å²) in [6.07, 6.45) is 3.06. The van der Waals surface area contributed by atoms with Gasteiger partial charge in [0.15, 0.2) is 0 Å². The Bertz CT molecular complexity index is 83.6. The highest BCUT2D eigenvalue weighted by Gasteiger charge is 2.02. The van der Waals surface area contributed by atoms with E-state index in [1.807, 2.05) is 0 Å². The van der Waals surface area contributed by atoms with Crippen molar-refractivity contribution in [2.24, 2.45) is 0 Å². The van der Waals surface area contributed by atoms with Crippen molar-refractivity contribution in [1.29, 1.82) is 0 Å². The fourth-order valence-corrected chi connectivity index (χ4v) is 0.914. The molecule has 68 valence electrons. The molecular formula is C9H21NO. The predicted molar refractivity (Wildman–Crippen MR) is 48.7 cm³/mol. The molecular weight excluding hydrogens is 138 g/mol. The number of rotatable bonds is 6. The van der Waals surface area contributed by atoms with Crippen LogP contribution in [-0.4, -0.2) is 23.8 Å². The Morgan fingerprint density at radius 2 is 2.00 bits per heavy atom. The largest absolute Gasteiger partial charge is 0.392 e. The van der Waals surface area contributed by atoms with E-state index in [0.29, 0.717) is 6.04 Å². The number of nitrogens with one attached hydrogen (secondary N) is 1. The van der Waals surface area contributed by atoms with E-state index >= 15 is 0 Å².